The molecule has 24 heavy (non-hydrogen) atoms. The van der Waals surface area contributed by atoms with E-state index < -0.39 is 11.9 Å². The second-order valence-electron chi connectivity index (χ2n) is 6.25. The second kappa shape index (κ2) is 10.8. The van der Waals surface area contributed by atoms with Gasteiger partial charge in [0.05, 0.1) is 17.7 Å². The van der Waals surface area contributed by atoms with Gasteiger partial charge in [-0.1, -0.05) is 65.0 Å². The van der Waals surface area contributed by atoms with Crippen molar-refractivity contribution in [3.05, 3.63) is 34.9 Å². The molecule has 1 aromatic rings. The van der Waals surface area contributed by atoms with Gasteiger partial charge in [0.1, 0.15) is 0 Å². The summed E-state index contributed by atoms with van der Waals surface area (Å²) >= 11 is 0. The summed E-state index contributed by atoms with van der Waals surface area (Å²) in [6.07, 6.45) is 6.75. The van der Waals surface area contributed by atoms with Crippen molar-refractivity contribution in [2.24, 2.45) is 5.92 Å². The Hall–Kier alpha value is -1.84. The number of hydrogen-bond donors (Lipinski definition) is 1. The fraction of sp³-hybridized carbons (Fsp3) is 0.600. The first kappa shape index (κ1) is 20.2. The Balaban J connectivity index is 3.02. The quantitative estimate of drug-likeness (QED) is 0.451. The van der Waals surface area contributed by atoms with E-state index in [0.29, 0.717) is 18.9 Å². The number of rotatable bonds is 11. The number of aromatic carboxylic acids is 1. The first-order valence-electron chi connectivity index (χ1n) is 9.07. The van der Waals surface area contributed by atoms with Crippen LogP contribution in [0, 0.1) is 5.92 Å². The Morgan fingerprint density at radius 3 is 2.42 bits per heavy atom. The van der Waals surface area contributed by atoms with Crippen LogP contribution in [0.3, 0.4) is 0 Å². The van der Waals surface area contributed by atoms with Crippen LogP contribution in [-0.2, 0) is 11.2 Å². The maximum absolute atomic E-state index is 12.2. The lowest BCUT2D eigenvalue weighted by molar-refractivity contribution is 0.0489. The zero-order valence-corrected chi connectivity index (χ0v) is 15.1. The molecule has 0 bridgehead atoms. The molecule has 0 aliphatic carbocycles. The smallest absolute Gasteiger partial charge is 0.339 e. The Morgan fingerprint density at radius 1 is 1.12 bits per heavy atom. The molecule has 1 N–H and O–H groups in total. The average molecular weight is 334 g/mol. The van der Waals surface area contributed by atoms with Gasteiger partial charge < -0.3 is 9.84 Å². The minimum Gasteiger partial charge on any atom is -0.478 e. The molecular weight excluding hydrogens is 304 g/mol. The van der Waals surface area contributed by atoms with Crippen molar-refractivity contribution in [1.29, 1.82) is 0 Å². The van der Waals surface area contributed by atoms with Crippen LogP contribution < -0.4 is 0 Å². The fourth-order valence-corrected chi connectivity index (χ4v) is 2.83. The molecule has 134 valence electrons. The van der Waals surface area contributed by atoms with Gasteiger partial charge >= 0.3 is 11.9 Å². The number of unbranched alkanes of at least 4 members (excludes halogenated alkanes) is 2. The van der Waals surface area contributed by atoms with E-state index in [1.807, 2.05) is 13.0 Å². The first-order chi connectivity index (χ1) is 11.5. The van der Waals surface area contributed by atoms with Crippen LogP contribution in [0.4, 0.5) is 0 Å². The number of carbonyl (C=O) groups excluding carboxylic acids is 1. The van der Waals surface area contributed by atoms with Gasteiger partial charge in [0.2, 0.25) is 0 Å². The first-order valence-corrected chi connectivity index (χ1v) is 9.07. The largest absolute Gasteiger partial charge is 0.478 e. The summed E-state index contributed by atoms with van der Waals surface area (Å²) in [5.74, 6) is -1.16. The van der Waals surface area contributed by atoms with Crippen LogP contribution in [0.15, 0.2) is 18.2 Å². The number of benzene rings is 1. The minimum absolute atomic E-state index is 0.106. The van der Waals surface area contributed by atoms with Gasteiger partial charge in [-0.05, 0) is 30.4 Å². The van der Waals surface area contributed by atoms with Gasteiger partial charge in [-0.15, -0.1) is 0 Å². The standard InChI is InChI=1S/C20H30O4/c1-4-7-10-15(6-3)14-16-11-9-12-17(18(16)19(21)22)20(23)24-13-8-5-2/h9,11-12,15H,4-8,10,13-14H2,1-3H3,(H,21,22). The van der Waals surface area contributed by atoms with E-state index in [0.717, 1.165) is 44.1 Å². The lowest BCUT2D eigenvalue weighted by Crippen LogP contribution is -2.16. The predicted molar refractivity (Wildman–Crippen MR) is 95.6 cm³/mol. The van der Waals surface area contributed by atoms with Crippen LogP contribution in [0.1, 0.15) is 85.6 Å². The van der Waals surface area contributed by atoms with Crippen molar-refractivity contribution in [2.75, 3.05) is 6.61 Å². The Bertz CT molecular complexity index is 536. The molecule has 0 aliphatic heterocycles. The normalized spacial score (nSPS) is 12.0. The molecular formula is C20H30O4. The van der Waals surface area contributed by atoms with E-state index in [1.165, 1.54) is 0 Å². The second-order valence-corrected chi connectivity index (χ2v) is 6.25. The lowest BCUT2D eigenvalue weighted by Gasteiger charge is -2.17. The highest BCUT2D eigenvalue weighted by molar-refractivity contribution is 6.03. The number of carboxylic acids is 1. The number of carboxylic acid groups (broad SMARTS) is 1. The SMILES string of the molecule is CCCCOC(=O)c1cccc(CC(CC)CCCC)c1C(=O)O. The van der Waals surface area contributed by atoms with Crippen molar-refractivity contribution in [1.82, 2.24) is 0 Å². The maximum atomic E-state index is 12.2. The van der Waals surface area contributed by atoms with E-state index >= 15 is 0 Å². The van der Waals surface area contributed by atoms with Crippen LogP contribution in [0.2, 0.25) is 0 Å². The number of esters is 1. The van der Waals surface area contributed by atoms with Crippen LogP contribution in [-0.4, -0.2) is 23.7 Å². The highest BCUT2D eigenvalue weighted by atomic mass is 16.5. The molecule has 4 nitrogen and oxygen atoms in total. The summed E-state index contributed by atoms with van der Waals surface area (Å²) in [6.45, 7) is 6.62. The molecule has 1 rings (SSSR count). The third-order valence-corrected chi connectivity index (χ3v) is 4.37. The zero-order chi connectivity index (χ0) is 17.9. The molecule has 0 aromatic heterocycles. The summed E-state index contributed by atoms with van der Waals surface area (Å²) in [6, 6.07) is 5.12. The van der Waals surface area contributed by atoms with Crippen LogP contribution in [0.25, 0.3) is 0 Å². The molecule has 0 saturated carbocycles. The van der Waals surface area contributed by atoms with Crippen molar-refractivity contribution < 1.29 is 19.4 Å². The molecule has 0 spiro atoms. The average Bonchev–Trinajstić information content (AvgIpc) is 2.58. The highest BCUT2D eigenvalue weighted by Crippen LogP contribution is 2.24. The molecule has 0 saturated heterocycles. The Labute approximate surface area is 145 Å². The van der Waals surface area contributed by atoms with Crippen molar-refractivity contribution in [2.45, 2.75) is 65.7 Å². The van der Waals surface area contributed by atoms with Crippen molar-refractivity contribution in [3.8, 4) is 0 Å². The maximum Gasteiger partial charge on any atom is 0.339 e. The molecule has 0 aliphatic rings. The number of ether oxygens (including phenoxy) is 1. The third-order valence-electron chi connectivity index (χ3n) is 4.37. The Kier molecular flexibility index (Phi) is 9.13. The van der Waals surface area contributed by atoms with E-state index in [-0.39, 0.29) is 11.1 Å². The van der Waals surface area contributed by atoms with Gasteiger partial charge in [-0.25, -0.2) is 9.59 Å². The van der Waals surface area contributed by atoms with Gasteiger partial charge in [0.15, 0.2) is 0 Å². The van der Waals surface area contributed by atoms with Gasteiger partial charge in [-0.3, -0.25) is 0 Å². The zero-order valence-electron chi connectivity index (χ0n) is 15.1. The highest BCUT2D eigenvalue weighted by Gasteiger charge is 2.22. The molecule has 0 radical (unpaired) electrons. The Morgan fingerprint density at radius 2 is 1.83 bits per heavy atom. The lowest BCUT2D eigenvalue weighted by atomic mass is 9.88. The summed E-state index contributed by atoms with van der Waals surface area (Å²) < 4.78 is 5.21. The number of carbonyl (C=O) groups is 2. The van der Waals surface area contributed by atoms with Crippen molar-refractivity contribution >= 4 is 11.9 Å². The van der Waals surface area contributed by atoms with Crippen molar-refractivity contribution in [3.63, 3.8) is 0 Å². The van der Waals surface area contributed by atoms with Gasteiger partial charge in [0, 0.05) is 0 Å². The third kappa shape index (κ3) is 5.99. The monoisotopic (exact) mass is 334 g/mol. The summed E-state index contributed by atoms with van der Waals surface area (Å²) in [4.78, 5) is 24.0. The molecule has 4 heteroatoms. The summed E-state index contributed by atoms with van der Waals surface area (Å²) in [5.41, 5.74) is 1.01. The van der Waals surface area contributed by atoms with Crippen LogP contribution in [0.5, 0.6) is 0 Å². The topological polar surface area (TPSA) is 63.6 Å². The summed E-state index contributed by atoms with van der Waals surface area (Å²) in [7, 11) is 0. The van der Waals surface area contributed by atoms with E-state index in [4.69, 9.17) is 4.74 Å². The predicted octanol–water partition coefficient (Wildman–Crippen LogP) is 5.10. The van der Waals surface area contributed by atoms with Gasteiger partial charge in [-0.2, -0.15) is 0 Å². The van der Waals surface area contributed by atoms with E-state index in [9.17, 15) is 14.7 Å². The van der Waals surface area contributed by atoms with E-state index in [1.54, 1.807) is 12.1 Å². The molecule has 0 fully saturated rings. The number of hydrogen-bond acceptors (Lipinski definition) is 3. The summed E-state index contributed by atoms with van der Waals surface area (Å²) in [5, 5.41) is 9.62. The van der Waals surface area contributed by atoms with E-state index in [2.05, 4.69) is 13.8 Å². The fourth-order valence-electron chi connectivity index (χ4n) is 2.83. The molecule has 0 amide bonds. The minimum atomic E-state index is -1.06. The van der Waals surface area contributed by atoms with Crippen LogP contribution >= 0.6 is 0 Å². The molecule has 0 heterocycles. The molecule has 1 unspecified atom stereocenters. The van der Waals surface area contributed by atoms with Gasteiger partial charge in [0.25, 0.3) is 0 Å². The molecule has 1 aromatic carbocycles. The molecule has 1 atom stereocenters.